The lowest BCUT2D eigenvalue weighted by atomic mass is 9.80. The summed E-state index contributed by atoms with van der Waals surface area (Å²) in [6.45, 7) is 12.4. The third-order valence-electron chi connectivity index (χ3n) is 5.15. The Morgan fingerprint density at radius 2 is 1.85 bits per heavy atom. The maximum Gasteiger partial charge on any atom is 0.408 e. The van der Waals surface area contributed by atoms with Gasteiger partial charge < -0.3 is 10.0 Å². The zero-order chi connectivity index (χ0) is 19.6. The minimum Gasteiger partial charge on any atom is -0.465 e. The van der Waals surface area contributed by atoms with E-state index in [0.717, 1.165) is 5.56 Å². The average Bonchev–Trinajstić information content (AvgIpc) is 2.53. The smallest absolute Gasteiger partial charge is 0.408 e. The lowest BCUT2D eigenvalue weighted by Crippen LogP contribution is -2.63. The van der Waals surface area contributed by atoms with E-state index in [-0.39, 0.29) is 17.9 Å². The zero-order valence-corrected chi connectivity index (χ0v) is 16.8. The maximum absolute atomic E-state index is 13.3. The van der Waals surface area contributed by atoms with Gasteiger partial charge in [0.15, 0.2) is 0 Å². The number of rotatable bonds is 4. The minimum atomic E-state index is -1.04. The lowest BCUT2D eigenvalue weighted by molar-refractivity contribution is -0.146. The van der Waals surface area contributed by atoms with E-state index in [1.54, 1.807) is 0 Å². The van der Waals surface area contributed by atoms with E-state index in [2.05, 4.69) is 32.9 Å². The van der Waals surface area contributed by atoms with Gasteiger partial charge in [0.05, 0.1) is 0 Å². The molecule has 1 aromatic carbocycles. The van der Waals surface area contributed by atoms with Crippen molar-refractivity contribution in [1.82, 2.24) is 9.80 Å². The SMILES string of the molecule is CC(C)CN1C(=O)[C@@H](N(C(=O)O)C(C)(C)C)C[C@@H](c2ccccc2)[C@H]1C. The molecule has 0 spiro atoms. The van der Waals surface area contributed by atoms with Crippen LogP contribution in [0.1, 0.15) is 59.4 Å². The quantitative estimate of drug-likeness (QED) is 0.875. The van der Waals surface area contributed by atoms with Crippen LogP contribution in [0.4, 0.5) is 4.79 Å². The molecule has 26 heavy (non-hydrogen) atoms. The number of amides is 2. The molecule has 5 heteroatoms. The van der Waals surface area contributed by atoms with Crippen LogP contribution in [0, 0.1) is 5.92 Å². The first kappa shape index (κ1) is 20.3. The van der Waals surface area contributed by atoms with Crippen LogP contribution in [0.5, 0.6) is 0 Å². The Kier molecular flexibility index (Phi) is 5.99. The summed E-state index contributed by atoms with van der Waals surface area (Å²) in [5, 5.41) is 9.82. The van der Waals surface area contributed by atoms with Gasteiger partial charge in [-0.25, -0.2) is 4.79 Å². The molecule has 1 aliphatic rings. The van der Waals surface area contributed by atoms with Gasteiger partial charge in [-0.2, -0.15) is 0 Å². The first-order valence-electron chi connectivity index (χ1n) is 9.41. The van der Waals surface area contributed by atoms with Gasteiger partial charge in [-0.3, -0.25) is 9.69 Å². The largest absolute Gasteiger partial charge is 0.465 e. The summed E-state index contributed by atoms with van der Waals surface area (Å²) in [5.74, 6) is 0.363. The third-order valence-corrected chi connectivity index (χ3v) is 5.15. The summed E-state index contributed by atoms with van der Waals surface area (Å²) < 4.78 is 0. The zero-order valence-electron chi connectivity index (χ0n) is 16.8. The van der Waals surface area contributed by atoms with Crippen molar-refractivity contribution < 1.29 is 14.7 Å². The van der Waals surface area contributed by atoms with Crippen molar-refractivity contribution in [2.24, 2.45) is 5.92 Å². The Bertz CT molecular complexity index is 636. The molecule has 5 nitrogen and oxygen atoms in total. The van der Waals surface area contributed by atoms with Crippen molar-refractivity contribution in [2.45, 2.75) is 71.5 Å². The summed E-state index contributed by atoms with van der Waals surface area (Å²) in [4.78, 5) is 28.5. The number of hydrogen-bond acceptors (Lipinski definition) is 2. The summed E-state index contributed by atoms with van der Waals surface area (Å²) in [6, 6.07) is 9.50. The molecule has 3 atom stereocenters. The highest BCUT2D eigenvalue weighted by Crippen LogP contribution is 2.37. The highest BCUT2D eigenvalue weighted by molar-refractivity contribution is 5.87. The normalized spacial score (nSPS) is 24.0. The highest BCUT2D eigenvalue weighted by Gasteiger charge is 2.46. The van der Waals surface area contributed by atoms with Gasteiger partial charge in [-0.05, 0) is 45.6 Å². The summed E-state index contributed by atoms with van der Waals surface area (Å²) >= 11 is 0. The summed E-state index contributed by atoms with van der Waals surface area (Å²) in [7, 11) is 0. The molecule has 144 valence electrons. The molecule has 2 rings (SSSR count). The second-order valence-electron chi connectivity index (χ2n) is 8.72. The Morgan fingerprint density at radius 3 is 2.31 bits per heavy atom. The fourth-order valence-corrected chi connectivity index (χ4v) is 4.02. The molecule has 0 unspecified atom stereocenters. The molecular formula is C21H32N2O3. The van der Waals surface area contributed by atoms with Crippen molar-refractivity contribution in [3.8, 4) is 0 Å². The predicted molar refractivity (Wildman–Crippen MR) is 103 cm³/mol. The number of carbonyl (C=O) groups is 2. The Labute approximate surface area is 157 Å². The Morgan fingerprint density at radius 1 is 1.27 bits per heavy atom. The van der Waals surface area contributed by atoms with Crippen molar-refractivity contribution in [2.75, 3.05) is 6.54 Å². The van der Waals surface area contributed by atoms with E-state index in [0.29, 0.717) is 18.9 Å². The topological polar surface area (TPSA) is 60.9 Å². The molecule has 1 saturated heterocycles. The number of nitrogens with zero attached hydrogens (tertiary/aromatic N) is 2. The molecule has 0 aromatic heterocycles. The van der Waals surface area contributed by atoms with Gasteiger partial charge in [0, 0.05) is 24.0 Å². The molecule has 1 aliphatic heterocycles. The van der Waals surface area contributed by atoms with Gasteiger partial charge in [-0.1, -0.05) is 44.2 Å². The fourth-order valence-electron chi connectivity index (χ4n) is 4.02. The van der Waals surface area contributed by atoms with E-state index in [1.807, 2.05) is 43.9 Å². The van der Waals surface area contributed by atoms with Crippen LogP contribution < -0.4 is 0 Å². The third kappa shape index (κ3) is 4.19. The predicted octanol–water partition coefficient (Wildman–Crippen LogP) is 4.19. The second kappa shape index (κ2) is 7.68. The van der Waals surface area contributed by atoms with E-state index < -0.39 is 17.7 Å². The molecule has 1 heterocycles. The molecule has 0 radical (unpaired) electrons. The van der Waals surface area contributed by atoms with Crippen molar-refractivity contribution >= 4 is 12.0 Å². The summed E-state index contributed by atoms with van der Waals surface area (Å²) in [5.41, 5.74) is 0.516. The molecule has 1 aromatic rings. The number of carbonyl (C=O) groups excluding carboxylic acids is 1. The fraction of sp³-hybridized carbons (Fsp3) is 0.619. The second-order valence-corrected chi connectivity index (χ2v) is 8.72. The van der Waals surface area contributed by atoms with Crippen molar-refractivity contribution in [3.05, 3.63) is 35.9 Å². The van der Waals surface area contributed by atoms with E-state index in [1.165, 1.54) is 4.90 Å². The van der Waals surface area contributed by atoms with Gasteiger partial charge in [0.25, 0.3) is 0 Å². The first-order valence-corrected chi connectivity index (χ1v) is 9.41. The minimum absolute atomic E-state index is 0.0409. The van der Waals surface area contributed by atoms with Crippen LogP contribution in [0.2, 0.25) is 0 Å². The lowest BCUT2D eigenvalue weighted by Gasteiger charge is -2.49. The maximum atomic E-state index is 13.3. The van der Waals surface area contributed by atoms with E-state index >= 15 is 0 Å². The molecular weight excluding hydrogens is 328 g/mol. The average molecular weight is 360 g/mol. The van der Waals surface area contributed by atoms with Crippen LogP contribution >= 0.6 is 0 Å². The Hall–Kier alpha value is -2.04. The number of hydrogen-bond donors (Lipinski definition) is 1. The first-order chi connectivity index (χ1) is 12.0. The van der Waals surface area contributed by atoms with Crippen molar-refractivity contribution in [3.63, 3.8) is 0 Å². The number of piperidine rings is 1. The van der Waals surface area contributed by atoms with Crippen LogP contribution in [0.15, 0.2) is 30.3 Å². The number of carboxylic acid groups (broad SMARTS) is 1. The molecule has 2 amide bonds. The van der Waals surface area contributed by atoms with Crippen LogP contribution in [0.3, 0.4) is 0 Å². The molecule has 1 fully saturated rings. The molecule has 0 aliphatic carbocycles. The van der Waals surface area contributed by atoms with Crippen LogP contribution in [0.25, 0.3) is 0 Å². The van der Waals surface area contributed by atoms with Gasteiger partial charge >= 0.3 is 6.09 Å². The van der Waals surface area contributed by atoms with E-state index in [9.17, 15) is 14.7 Å². The summed E-state index contributed by atoms with van der Waals surface area (Å²) in [6.07, 6.45) is -0.524. The van der Waals surface area contributed by atoms with Gasteiger partial charge in [-0.15, -0.1) is 0 Å². The standard InChI is InChI=1S/C21H32N2O3/c1-14(2)13-22-15(3)17(16-10-8-7-9-11-16)12-18(19(22)24)23(20(25)26)21(4,5)6/h7-11,14-15,17-18H,12-13H2,1-6H3,(H,25,26)/t15-,17-,18+/m1/s1. The highest BCUT2D eigenvalue weighted by atomic mass is 16.4. The van der Waals surface area contributed by atoms with Gasteiger partial charge in [0.1, 0.15) is 6.04 Å². The van der Waals surface area contributed by atoms with E-state index in [4.69, 9.17) is 0 Å². The Balaban J connectivity index is 2.47. The van der Waals surface area contributed by atoms with Gasteiger partial charge in [0.2, 0.25) is 5.91 Å². The van der Waals surface area contributed by atoms with Crippen LogP contribution in [-0.4, -0.2) is 51.1 Å². The molecule has 1 N–H and O–H groups in total. The number of likely N-dealkylation sites (tertiary alicyclic amines) is 1. The number of benzene rings is 1. The molecule has 0 bridgehead atoms. The molecule has 0 saturated carbocycles. The van der Waals surface area contributed by atoms with Crippen molar-refractivity contribution in [1.29, 1.82) is 0 Å². The monoisotopic (exact) mass is 360 g/mol. The van der Waals surface area contributed by atoms with Crippen LogP contribution in [-0.2, 0) is 4.79 Å².